The first kappa shape index (κ1) is 24.4. The molecular weight excluding hydrogens is 488 g/mol. The number of benzene rings is 2. The van der Waals surface area contributed by atoms with Crippen molar-refractivity contribution in [2.24, 2.45) is 4.99 Å². The average molecular weight is 498 g/mol. The average Bonchev–Trinajstić information content (AvgIpc) is 3.02. The van der Waals surface area contributed by atoms with E-state index in [0.29, 0.717) is 23.5 Å². The van der Waals surface area contributed by atoms with Crippen molar-refractivity contribution in [3.8, 4) is 0 Å². The number of amides is 1. The monoisotopic (exact) mass is 498 g/mol. The predicted molar refractivity (Wildman–Crippen MR) is 98.4 cm³/mol. The third kappa shape index (κ3) is 4.89. The van der Waals surface area contributed by atoms with Crippen molar-refractivity contribution in [2.45, 2.75) is 25.3 Å². The van der Waals surface area contributed by atoms with Gasteiger partial charge in [0.05, 0.1) is 21.3 Å². The lowest BCUT2D eigenvalue weighted by Gasteiger charge is -2.13. The van der Waals surface area contributed by atoms with Crippen LogP contribution in [0.5, 0.6) is 0 Å². The number of carboxylic acids is 1. The highest BCUT2D eigenvalue weighted by atomic mass is 32.1. The van der Waals surface area contributed by atoms with Gasteiger partial charge in [-0.15, -0.1) is 0 Å². The van der Waals surface area contributed by atoms with Crippen LogP contribution in [0.2, 0.25) is 0 Å². The molecule has 0 bridgehead atoms. The van der Waals surface area contributed by atoms with Crippen LogP contribution >= 0.6 is 11.3 Å². The standard InChI is InChI=1S/C19H10F8N2O3S/c1-7(16(31)32)29-13-5-11(20)12(21)6-14(13)33-17(29)28-15(30)8-2-9(18(22,23)24)4-10(3-8)19(25,26)27/h2-7H,1H3,(H,31,32). The molecule has 0 fully saturated rings. The van der Waals surface area contributed by atoms with E-state index in [1.54, 1.807) is 0 Å². The number of fused-ring (bicyclic) bond motifs is 1. The van der Waals surface area contributed by atoms with Crippen molar-refractivity contribution >= 4 is 33.4 Å². The molecule has 3 rings (SSSR count). The second-order valence-electron chi connectivity index (χ2n) is 6.71. The Bertz CT molecular complexity index is 1310. The summed E-state index contributed by atoms with van der Waals surface area (Å²) >= 11 is 0.496. The fourth-order valence-electron chi connectivity index (χ4n) is 2.83. The SMILES string of the molecule is CC(C(=O)O)n1c(=NC(=O)c2cc(C(F)(F)F)cc(C(F)(F)F)c2)sc2cc(F)c(F)cc21. The highest BCUT2D eigenvalue weighted by molar-refractivity contribution is 7.16. The van der Waals surface area contributed by atoms with Gasteiger partial charge in [-0.05, 0) is 31.2 Å². The highest BCUT2D eigenvalue weighted by Gasteiger charge is 2.37. The zero-order valence-electron chi connectivity index (χ0n) is 16.1. The number of carbonyl (C=O) groups is 2. The smallest absolute Gasteiger partial charge is 0.416 e. The van der Waals surface area contributed by atoms with Gasteiger partial charge in [0.25, 0.3) is 5.91 Å². The first-order valence-corrected chi connectivity index (χ1v) is 9.52. The first-order chi connectivity index (χ1) is 15.1. The molecule has 5 nitrogen and oxygen atoms in total. The first-order valence-electron chi connectivity index (χ1n) is 8.71. The molecule has 1 unspecified atom stereocenters. The van der Waals surface area contributed by atoms with Crippen LogP contribution < -0.4 is 4.80 Å². The van der Waals surface area contributed by atoms with Gasteiger partial charge in [-0.2, -0.15) is 31.3 Å². The number of carboxylic acid groups (broad SMARTS) is 1. The number of alkyl halides is 6. The van der Waals surface area contributed by atoms with Crippen LogP contribution in [0.25, 0.3) is 10.2 Å². The van der Waals surface area contributed by atoms with E-state index in [-0.39, 0.29) is 28.4 Å². The molecule has 0 spiro atoms. The van der Waals surface area contributed by atoms with Gasteiger partial charge in [0.2, 0.25) is 0 Å². The van der Waals surface area contributed by atoms with E-state index in [1.807, 2.05) is 0 Å². The number of hydrogen-bond donors (Lipinski definition) is 1. The molecule has 0 saturated heterocycles. The van der Waals surface area contributed by atoms with E-state index in [9.17, 15) is 49.8 Å². The minimum absolute atomic E-state index is 0.0615. The molecule has 14 heteroatoms. The molecule has 1 N–H and O–H groups in total. The van der Waals surface area contributed by atoms with Crippen molar-refractivity contribution in [3.63, 3.8) is 0 Å². The predicted octanol–water partition coefficient (Wildman–Crippen LogP) is 5.41. The molecule has 3 aromatic rings. The van der Waals surface area contributed by atoms with Crippen LogP contribution in [0.1, 0.15) is 34.5 Å². The summed E-state index contributed by atoms with van der Waals surface area (Å²) in [5.74, 6) is -5.68. The van der Waals surface area contributed by atoms with Gasteiger partial charge in [-0.1, -0.05) is 11.3 Å². The molecule has 0 aliphatic heterocycles. The van der Waals surface area contributed by atoms with Crippen molar-refractivity contribution in [1.29, 1.82) is 0 Å². The van der Waals surface area contributed by atoms with E-state index < -0.39 is 63.4 Å². The lowest BCUT2D eigenvalue weighted by molar-refractivity contribution is -0.143. The third-order valence-corrected chi connectivity index (χ3v) is 5.46. The molecule has 0 radical (unpaired) electrons. The summed E-state index contributed by atoms with van der Waals surface area (Å²) in [5.41, 5.74) is -4.76. The van der Waals surface area contributed by atoms with Gasteiger partial charge in [0.15, 0.2) is 16.4 Å². The fraction of sp³-hybridized carbons (Fsp3) is 0.211. The van der Waals surface area contributed by atoms with Crippen molar-refractivity contribution in [3.05, 3.63) is 63.5 Å². The zero-order valence-corrected chi connectivity index (χ0v) is 16.9. The number of aromatic nitrogens is 1. The van der Waals surface area contributed by atoms with E-state index in [0.717, 1.165) is 11.5 Å². The summed E-state index contributed by atoms with van der Waals surface area (Å²) in [7, 11) is 0. The Labute approximate surface area is 182 Å². The number of rotatable bonds is 3. The van der Waals surface area contributed by atoms with Crippen LogP contribution in [0.4, 0.5) is 35.1 Å². The number of thiazole rings is 1. The lowest BCUT2D eigenvalue weighted by atomic mass is 10.0. The molecule has 0 aliphatic rings. The van der Waals surface area contributed by atoms with Crippen LogP contribution in [0.3, 0.4) is 0 Å². The Morgan fingerprint density at radius 1 is 0.939 bits per heavy atom. The lowest BCUT2D eigenvalue weighted by Crippen LogP contribution is -2.25. The topological polar surface area (TPSA) is 71.7 Å². The van der Waals surface area contributed by atoms with Crippen molar-refractivity contribution < 1.29 is 49.8 Å². The molecule has 176 valence electrons. The summed E-state index contributed by atoms with van der Waals surface area (Å²) in [4.78, 5) is 27.0. The summed E-state index contributed by atoms with van der Waals surface area (Å²) in [5, 5.41) is 9.30. The number of carbonyl (C=O) groups excluding carboxylic acids is 1. The Morgan fingerprint density at radius 2 is 1.45 bits per heavy atom. The minimum Gasteiger partial charge on any atom is -0.480 e. The molecule has 1 heterocycles. The highest BCUT2D eigenvalue weighted by Crippen LogP contribution is 2.36. The van der Waals surface area contributed by atoms with Gasteiger partial charge < -0.3 is 9.67 Å². The molecule has 1 amide bonds. The second kappa shape index (κ2) is 8.24. The number of halogens is 8. The van der Waals surface area contributed by atoms with Gasteiger partial charge in [0, 0.05) is 11.6 Å². The summed E-state index contributed by atoms with van der Waals surface area (Å²) < 4.78 is 106. The van der Waals surface area contributed by atoms with E-state index in [1.165, 1.54) is 0 Å². The fourth-order valence-corrected chi connectivity index (χ4v) is 3.93. The molecule has 0 saturated carbocycles. The van der Waals surface area contributed by atoms with E-state index in [2.05, 4.69) is 4.99 Å². The normalized spacial score (nSPS) is 14.0. The molecule has 0 aliphatic carbocycles. The van der Waals surface area contributed by atoms with Crippen molar-refractivity contribution in [1.82, 2.24) is 4.57 Å². The van der Waals surface area contributed by atoms with Gasteiger partial charge in [-0.3, -0.25) is 4.79 Å². The van der Waals surface area contributed by atoms with Crippen LogP contribution in [-0.4, -0.2) is 21.6 Å². The minimum atomic E-state index is -5.21. The quantitative estimate of drug-likeness (QED) is 0.492. The van der Waals surface area contributed by atoms with Gasteiger partial charge in [0.1, 0.15) is 6.04 Å². The Morgan fingerprint density at radius 3 is 1.94 bits per heavy atom. The Balaban J connectivity index is 2.27. The summed E-state index contributed by atoms with van der Waals surface area (Å²) in [6.07, 6.45) is -10.4. The van der Waals surface area contributed by atoms with Crippen LogP contribution in [0.15, 0.2) is 35.3 Å². The Hall–Kier alpha value is -3.29. The number of nitrogens with zero attached hydrogens (tertiary/aromatic N) is 2. The number of hydrogen-bond acceptors (Lipinski definition) is 3. The van der Waals surface area contributed by atoms with Crippen molar-refractivity contribution in [2.75, 3.05) is 0 Å². The van der Waals surface area contributed by atoms with Crippen LogP contribution in [0, 0.1) is 11.6 Å². The third-order valence-electron chi connectivity index (χ3n) is 4.45. The van der Waals surface area contributed by atoms with Gasteiger partial charge >= 0.3 is 18.3 Å². The zero-order chi connectivity index (χ0) is 24.9. The maximum atomic E-state index is 13.7. The summed E-state index contributed by atoms with van der Waals surface area (Å²) in [6.45, 7) is 1.10. The largest absolute Gasteiger partial charge is 0.480 e. The Kier molecular flexibility index (Phi) is 6.08. The second-order valence-corrected chi connectivity index (χ2v) is 7.72. The van der Waals surface area contributed by atoms with Crippen LogP contribution in [-0.2, 0) is 17.1 Å². The molecular formula is C19H10F8N2O3S. The molecule has 2 aromatic carbocycles. The summed E-state index contributed by atoms with van der Waals surface area (Å²) in [6, 6.07) is -0.0137. The van der Waals surface area contributed by atoms with E-state index >= 15 is 0 Å². The molecule has 1 aromatic heterocycles. The molecule has 1 atom stereocenters. The maximum Gasteiger partial charge on any atom is 0.416 e. The maximum absolute atomic E-state index is 13.7. The van der Waals surface area contributed by atoms with E-state index in [4.69, 9.17) is 0 Å². The number of aliphatic carboxylic acids is 1. The van der Waals surface area contributed by atoms with Gasteiger partial charge in [-0.25, -0.2) is 13.6 Å². The molecule has 33 heavy (non-hydrogen) atoms.